The van der Waals surface area contributed by atoms with E-state index >= 15 is 0 Å². The molecule has 0 fully saturated rings. The zero-order valence-corrected chi connectivity index (χ0v) is 24.4. The van der Waals surface area contributed by atoms with Crippen LogP contribution in [0, 0.1) is 23.7 Å². The molecule has 4 heterocycles. The van der Waals surface area contributed by atoms with E-state index < -0.39 is 0 Å². The van der Waals surface area contributed by atoms with Gasteiger partial charge in [0.25, 0.3) is 0 Å². The molecule has 0 saturated carbocycles. The number of nitrogens with zero attached hydrogens (tertiary/aromatic N) is 8. The topological polar surface area (TPSA) is 158 Å². The molecule has 0 unspecified atom stereocenters. The zero-order chi connectivity index (χ0) is 28.7. The Balaban J connectivity index is 0.000000360. The summed E-state index contributed by atoms with van der Waals surface area (Å²) >= 11 is 0. The van der Waals surface area contributed by atoms with Gasteiger partial charge in [0.05, 0.1) is 11.4 Å². The Labute approximate surface area is 263 Å². The third-order valence-electron chi connectivity index (χ3n) is 5.52. The van der Waals surface area contributed by atoms with Crippen molar-refractivity contribution in [2.75, 3.05) is 0 Å². The van der Waals surface area contributed by atoms with Gasteiger partial charge in [0.2, 0.25) is 0 Å². The van der Waals surface area contributed by atoms with Crippen LogP contribution in [0.25, 0.3) is 45.3 Å². The summed E-state index contributed by atoms with van der Waals surface area (Å²) in [5.74, 6) is 0. The molecule has 0 N–H and O–H groups in total. The molecule has 0 atom stereocenters. The molecule has 0 aliphatic carbocycles. The minimum absolute atomic E-state index is 0. The van der Waals surface area contributed by atoms with Crippen LogP contribution < -0.4 is 21.4 Å². The van der Waals surface area contributed by atoms with Crippen LogP contribution in [-0.2, 0) is 33.0 Å². The van der Waals surface area contributed by atoms with Crippen molar-refractivity contribution in [2.45, 2.75) is 13.8 Å². The van der Waals surface area contributed by atoms with E-state index in [2.05, 4.69) is 30.4 Å². The van der Waals surface area contributed by atoms with E-state index in [4.69, 9.17) is 21.0 Å². The quantitative estimate of drug-likeness (QED) is 0.235. The molecule has 0 aliphatic heterocycles. The maximum atomic E-state index is 7.25. The van der Waals surface area contributed by atoms with Crippen molar-refractivity contribution in [3.8, 4) is 45.3 Å². The van der Waals surface area contributed by atoms with E-state index in [1.54, 1.807) is 0 Å². The molecule has 4 aromatic heterocycles. The first-order valence-electron chi connectivity index (χ1n) is 12.0. The van der Waals surface area contributed by atoms with E-state index in [0.717, 1.165) is 56.7 Å². The molecule has 0 aliphatic rings. The van der Waals surface area contributed by atoms with Gasteiger partial charge in [-0.25, -0.2) is 0 Å². The van der Waals surface area contributed by atoms with Gasteiger partial charge < -0.3 is 20.4 Å². The third-order valence-corrected chi connectivity index (χ3v) is 5.52. The monoisotopic (exact) mass is 644 g/mol. The van der Waals surface area contributed by atoms with E-state index in [1.807, 2.05) is 123 Å². The maximum absolute atomic E-state index is 7.25. The summed E-state index contributed by atoms with van der Waals surface area (Å²) in [6.07, 6.45) is 0. The molecular formula is C30H24N8Ni2O2-2. The molecule has 42 heavy (non-hydrogen) atoms. The molecule has 2 aromatic carbocycles. The minimum atomic E-state index is 0. The second-order valence-corrected chi connectivity index (χ2v) is 8.29. The molecule has 0 bridgehead atoms. The summed E-state index contributed by atoms with van der Waals surface area (Å²) in [7, 11) is 0. The number of pyridine rings is 2. The van der Waals surface area contributed by atoms with Crippen LogP contribution in [0.5, 0.6) is 0 Å². The van der Waals surface area contributed by atoms with Crippen molar-refractivity contribution in [1.29, 1.82) is 0 Å². The van der Waals surface area contributed by atoms with Crippen LogP contribution in [0.4, 0.5) is 0 Å². The van der Waals surface area contributed by atoms with E-state index in [1.165, 1.54) is 0 Å². The molecule has 6 aromatic rings. The predicted octanol–water partition coefficient (Wildman–Crippen LogP) is 5.25. The van der Waals surface area contributed by atoms with Crippen LogP contribution in [-0.4, -0.2) is 20.2 Å². The largest absolute Gasteiger partial charge is 0.574 e. The first kappa shape index (κ1) is 35.4. The summed E-state index contributed by atoms with van der Waals surface area (Å²) in [5.41, 5.74) is 20.7. The summed E-state index contributed by atoms with van der Waals surface area (Å²) < 4.78 is 0. The number of hydrogen-bond acceptors (Lipinski definition) is 6. The number of nitroso groups, excluding NO2 is 2. The Kier molecular flexibility index (Phi) is 15.7. The Morgan fingerprint density at radius 2 is 0.929 bits per heavy atom. The van der Waals surface area contributed by atoms with Crippen molar-refractivity contribution < 1.29 is 33.0 Å². The fraction of sp³-hybridized carbons (Fsp3) is 0.0667. The maximum Gasteiger partial charge on any atom is 0.120 e. The van der Waals surface area contributed by atoms with E-state index in [-0.39, 0.29) is 33.0 Å². The molecule has 10 nitrogen and oxygen atoms in total. The Morgan fingerprint density at radius 3 is 1.50 bits per heavy atom. The molecule has 0 saturated heterocycles. The van der Waals surface area contributed by atoms with E-state index in [0.29, 0.717) is 0 Å². The molecule has 0 spiro atoms. The molecule has 0 amide bonds. The fourth-order valence-electron chi connectivity index (χ4n) is 3.71. The van der Waals surface area contributed by atoms with Crippen LogP contribution in [0.3, 0.4) is 0 Å². The van der Waals surface area contributed by atoms with Gasteiger partial charge >= 0.3 is 0 Å². The van der Waals surface area contributed by atoms with Crippen molar-refractivity contribution in [3.05, 3.63) is 130 Å². The van der Waals surface area contributed by atoms with Crippen molar-refractivity contribution in [3.63, 3.8) is 0 Å². The molecule has 218 valence electrons. The van der Waals surface area contributed by atoms with E-state index in [9.17, 15) is 0 Å². The second kappa shape index (κ2) is 18.6. The minimum Gasteiger partial charge on any atom is -0.574 e. The second-order valence-electron chi connectivity index (χ2n) is 8.29. The molecular weight excluding hydrogens is 622 g/mol. The Morgan fingerprint density at radius 1 is 0.476 bits per heavy atom. The number of aryl methyl sites for hydroxylation is 2. The number of benzene rings is 2. The summed E-state index contributed by atoms with van der Waals surface area (Å²) in [6.45, 7) is 3.94. The Bertz CT molecular complexity index is 1490. The standard InChI is InChI=1S/2C15H12N3.2NO.2Ni/c2*1-11-6-5-9-13(16-11)15-10-14(17-18-15)12-7-3-2-4-8-12;2*1-2;;/h2*2-10H,1H3;;;;/q2*-1;;;;. The van der Waals surface area contributed by atoms with Crippen molar-refractivity contribution >= 4 is 0 Å². The van der Waals surface area contributed by atoms with Gasteiger partial charge in [-0.2, -0.15) is 0 Å². The van der Waals surface area contributed by atoms with Gasteiger partial charge in [-0.15, -0.1) is 15.5 Å². The molecule has 2 radical (unpaired) electrons. The first-order chi connectivity index (χ1) is 19.7. The smallest absolute Gasteiger partial charge is 0.120 e. The number of hydrogen-bond donors (Lipinski definition) is 0. The van der Waals surface area contributed by atoms with Gasteiger partial charge in [0, 0.05) is 55.8 Å². The fourth-order valence-corrected chi connectivity index (χ4v) is 3.71. The Hall–Kier alpha value is -4.65. The summed E-state index contributed by atoms with van der Waals surface area (Å²) in [6, 6.07) is 35.8. The number of aromatic nitrogens is 6. The SMILES string of the molecule is Cc1cccc(-c2cc(-c3ccccc3)[n-]n2)n1.Cc1cccc(-c2cc(-c3ccccc3)n[n-]2)n1.[N]=O.[N]=O.[Ni].[Ni]. The summed E-state index contributed by atoms with van der Waals surface area (Å²) in [4.78, 5) is 23.4. The first-order valence-corrected chi connectivity index (χ1v) is 12.0. The van der Waals surface area contributed by atoms with Crippen molar-refractivity contribution in [1.82, 2.24) is 41.6 Å². The number of rotatable bonds is 4. The van der Waals surface area contributed by atoms with Gasteiger partial charge in [0.1, 0.15) is 11.2 Å². The average Bonchev–Trinajstić information content (AvgIpc) is 3.72. The van der Waals surface area contributed by atoms with Crippen LogP contribution in [0.15, 0.2) is 109 Å². The van der Waals surface area contributed by atoms with Gasteiger partial charge in [-0.05, 0) is 61.4 Å². The predicted molar refractivity (Wildman–Crippen MR) is 153 cm³/mol. The van der Waals surface area contributed by atoms with Gasteiger partial charge in [-0.1, -0.05) is 78.5 Å². The normalized spacial score (nSPS) is 9.19. The summed E-state index contributed by atoms with van der Waals surface area (Å²) in [5, 5.41) is 16.8. The molecule has 12 heteroatoms. The molecule has 6 rings (SSSR count). The third kappa shape index (κ3) is 9.77. The van der Waals surface area contributed by atoms with Crippen LogP contribution in [0.1, 0.15) is 11.4 Å². The van der Waals surface area contributed by atoms with Gasteiger partial charge in [-0.3, -0.25) is 9.97 Å². The zero-order valence-electron chi connectivity index (χ0n) is 22.4. The average molecular weight is 646 g/mol. The van der Waals surface area contributed by atoms with Crippen molar-refractivity contribution in [2.24, 2.45) is 0 Å². The van der Waals surface area contributed by atoms with Crippen LogP contribution in [0.2, 0.25) is 0 Å². The van der Waals surface area contributed by atoms with Gasteiger partial charge in [0.15, 0.2) is 0 Å². The van der Waals surface area contributed by atoms with Crippen LogP contribution >= 0.6 is 0 Å².